The second kappa shape index (κ2) is 5.24. The molecule has 0 saturated heterocycles. The summed E-state index contributed by atoms with van der Waals surface area (Å²) in [7, 11) is 0. The molecule has 3 nitrogen and oxygen atoms in total. The van der Waals surface area contributed by atoms with Crippen LogP contribution in [0.15, 0.2) is 24.3 Å². The molecule has 1 amide bonds. The number of nitrogens with one attached hydrogen (secondary N) is 1. The summed E-state index contributed by atoms with van der Waals surface area (Å²) in [4.78, 5) is 14.6. The summed E-state index contributed by atoms with van der Waals surface area (Å²) < 4.78 is 0. The molecule has 0 unspecified atom stereocenters. The van der Waals surface area contributed by atoms with E-state index in [0.717, 1.165) is 31.1 Å². The Bertz CT molecular complexity index is 443. The summed E-state index contributed by atoms with van der Waals surface area (Å²) in [6, 6.07) is 8.17. The molecule has 1 atom stereocenters. The first-order valence-electron chi connectivity index (χ1n) is 7.41. The maximum Gasteiger partial charge on any atom is 0.245 e. The van der Waals surface area contributed by atoms with E-state index in [1.165, 1.54) is 24.8 Å². The molecule has 1 fully saturated rings. The Morgan fingerprint density at radius 3 is 2.79 bits per heavy atom. The zero-order valence-electron chi connectivity index (χ0n) is 11.6. The van der Waals surface area contributed by atoms with Gasteiger partial charge in [0, 0.05) is 25.2 Å². The lowest BCUT2D eigenvalue weighted by Crippen LogP contribution is -2.45. The third-order valence-corrected chi connectivity index (χ3v) is 4.47. The van der Waals surface area contributed by atoms with Crippen LogP contribution in [0, 0.1) is 5.92 Å². The number of nitrogens with zero attached hydrogens (tertiary/aromatic N) is 1. The molecule has 0 bridgehead atoms. The van der Waals surface area contributed by atoms with Gasteiger partial charge in [0.2, 0.25) is 5.91 Å². The van der Waals surface area contributed by atoms with Crippen LogP contribution in [0.4, 0.5) is 5.69 Å². The van der Waals surface area contributed by atoms with E-state index in [-0.39, 0.29) is 11.9 Å². The molecule has 1 aliphatic carbocycles. The first-order chi connectivity index (χ1) is 9.28. The van der Waals surface area contributed by atoms with E-state index in [1.54, 1.807) is 0 Å². The number of carbonyl (C=O) groups is 1. The Morgan fingerprint density at radius 1 is 1.37 bits per heavy atom. The van der Waals surface area contributed by atoms with Crippen molar-refractivity contribution < 1.29 is 4.79 Å². The highest BCUT2D eigenvalue weighted by atomic mass is 16.2. The topological polar surface area (TPSA) is 32.3 Å². The minimum Gasteiger partial charge on any atom is -0.373 e. The SMILES string of the molecule is CCN(CC1CCC1)C(=O)[C@@H]1Cc2ccccc2N1. The molecule has 3 heteroatoms. The molecule has 1 N–H and O–H groups in total. The number of hydrogen-bond donors (Lipinski definition) is 1. The van der Waals surface area contributed by atoms with Gasteiger partial charge in [0.15, 0.2) is 0 Å². The van der Waals surface area contributed by atoms with E-state index in [1.807, 2.05) is 17.0 Å². The Balaban J connectivity index is 1.64. The molecule has 19 heavy (non-hydrogen) atoms. The summed E-state index contributed by atoms with van der Waals surface area (Å²) in [5, 5.41) is 3.37. The molecule has 1 aromatic carbocycles. The van der Waals surface area contributed by atoms with Crippen molar-refractivity contribution in [1.29, 1.82) is 0 Å². The third kappa shape index (κ3) is 2.46. The fourth-order valence-electron chi connectivity index (χ4n) is 3.03. The number of rotatable bonds is 4. The summed E-state index contributed by atoms with van der Waals surface area (Å²) in [6.07, 6.45) is 4.75. The van der Waals surface area contributed by atoms with E-state index in [2.05, 4.69) is 24.4 Å². The number of likely N-dealkylation sites (N-methyl/N-ethyl adjacent to an activating group) is 1. The Kier molecular flexibility index (Phi) is 3.45. The fourth-order valence-corrected chi connectivity index (χ4v) is 3.03. The molecular weight excluding hydrogens is 236 g/mol. The van der Waals surface area contributed by atoms with Crippen molar-refractivity contribution >= 4 is 11.6 Å². The molecule has 1 heterocycles. The van der Waals surface area contributed by atoms with Crippen LogP contribution < -0.4 is 5.32 Å². The van der Waals surface area contributed by atoms with Crippen LogP contribution in [0.5, 0.6) is 0 Å². The third-order valence-electron chi connectivity index (χ3n) is 4.47. The molecule has 0 aromatic heterocycles. The highest BCUT2D eigenvalue weighted by Gasteiger charge is 2.31. The number of para-hydroxylation sites is 1. The van der Waals surface area contributed by atoms with Gasteiger partial charge in [-0.2, -0.15) is 0 Å². The van der Waals surface area contributed by atoms with Gasteiger partial charge in [-0.05, 0) is 37.3 Å². The summed E-state index contributed by atoms with van der Waals surface area (Å²) in [5.74, 6) is 1.01. The van der Waals surface area contributed by atoms with Gasteiger partial charge in [0.25, 0.3) is 0 Å². The number of anilines is 1. The molecule has 3 rings (SSSR count). The average molecular weight is 258 g/mol. The highest BCUT2D eigenvalue weighted by molar-refractivity contribution is 5.87. The Morgan fingerprint density at radius 2 is 2.16 bits per heavy atom. The molecule has 1 aliphatic heterocycles. The summed E-state index contributed by atoms with van der Waals surface area (Å²) in [5.41, 5.74) is 2.39. The predicted octanol–water partition coefficient (Wildman–Crippen LogP) is 2.67. The van der Waals surface area contributed by atoms with E-state index in [0.29, 0.717) is 0 Å². The second-order valence-corrected chi connectivity index (χ2v) is 5.73. The van der Waals surface area contributed by atoms with Gasteiger partial charge in [-0.3, -0.25) is 4.79 Å². The average Bonchev–Trinajstić information content (AvgIpc) is 2.81. The molecule has 1 aromatic rings. The van der Waals surface area contributed by atoms with E-state index in [4.69, 9.17) is 0 Å². The molecule has 102 valence electrons. The Labute approximate surface area is 115 Å². The van der Waals surface area contributed by atoms with Crippen LogP contribution in [0.1, 0.15) is 31.7 Å². The van der Waals surface area contributed by atoms with Crippen LogP contribution >= 0.6 is 0 Å². The normalized spacial score (nSPS) is 21.4. The monoisotopic (exact) mass is 258 g/mol. The zero-order valence-corrected chi connectivity index (χ0v) is 11.6. The van der Waals surface area contributed by atoms with Crippen molar-refractivity contribution in [1.82, 2.24) is 4.90 Å². The summed E-state index contributed by atoms with van der Waals surface area (Å²) >= 11 is 0. The van der Waals surface area contributed by atoms with Gasteiger partial charge in [-0.1, -0.05) is 24.6 Å². The van der Waals surface area contributed by atoms with Gasteiger partial charge in [-0.15, -0.1) is 0 Å². The smallest absolute Gasteiger partial charge is 0.245 e. The number of amides is 1. The molecule has 0 radical (unpaired) electrons. The van der Waals surface area contributed by atoms with Crippen LogP contribution in [0.2, 0.25) is 0 Å². The van der Waals surface area contributed by atoms with Gasteiger partial charge in [0.1, 0.15) is 6.04 Å². The predicted molar refractivity (Wildman–Crippen MR) is 77.2 cm³/mol. The zero-order chi connectivity index (χ0) is 13.2. The number of hydrogen-bond acceptors (Lipinski definition) is 2. The number of benzene rings is 1. The van der Waals surface area contributed by atoms with Gasteiger partial charge < -0.3 is 10.2 Å². The van der Waals surface area contributed by atoms with Crippen LogP contribution in [0.25, 0.3) is 0 Å². The van der Waals surface area contributed by atoms with Crippen molar-refractivity contribution in [3.8, 4) is 0 Å². The van der Waals surface area contributed by atoms with E-state index < -0.39 is 0 Å². The minimum absolute atomic E-state index is 0.0579. The lowest BCUT2D eigenvalue weighted by atomic mass is 9.85. The lowest BCUT2D eigenvalue weighted by Gasteiger charge is -2.33. The minimum atomic E-state index is -0.0579. The molecule has 0 spiro atoms. The quantitative estimate of drug-likeness (QED) is 0.900. The van der Waals surface area contributed by atoms with Crippen molar-refractivity contribution in [2.75, 3.05) is 18.4 Å². The largest absolute Gasteiger partial charge is 0.373 e. The molecular formula is C16H22N2O. The maximum absolute atomic E-state index is 12.6. The first kappa shape index (κ1) is 12.5. The highest BCUT2D eigenvalue weighted by Crippen LogP contribution is 2.29. The standard InChI is InChI=1S/C16H22N2O/c1-2-18(11-12-6-5-7-12)16(19)15-10-13-8-3-4-9-14(13)17-15/h3-4,8-9,12,15,17H,2,5-7,10-11H2,1H3/t15-/m0/s1. The number of fused-ring (bicyclic) bond motifs is 1. The van der Waals surface area contributed by atoms with Crippen molar-refractivity contribution in [3.63, 3.8) is 0 Å². The van der Waals surface area contributed by atoms with E-state index >= 15 is 0 Å². The van der Waals surface area contributed by atoms with Crippen molar-refractivity contribution in [2.45, 2.75) is 38.6 Å². The van der Waals surface area contributed by atoms with Crippen molar-refractivity contribution in [2.24, 2.45) is 5.92 Å². The number of carbonyl (C=O) groups excluding carboxylic acids is 1. The van der Waals surface area contributed by atoms with Crippen LogP contribution in [-0.4, -0.2) is 29.9 Å². The molecule has 2 aliphatic rings. The van der Waals surface area contributed by atoms with Crippen LogP contribution in [-0.2, 0) is 11.2 Å². The van der Waals surface area contributed by atoms with Gasteiger partial charge in [-0.25, -0.2) is 0 Å². The van der Waals surface area contributed by atoms with Gasteiger partial charge >= 0.3 is 0 Å². The summed E-state index contributed by atoms with van der Waals surface area (Å²) in [6.45, 7) is 3.85. The first-order valence-corrected chi connectivity index (χ1v) is 7.41. The second-order valence-electron chi connectivity index (χ2n) is 5.73. The lowest BCUT2D eigenvalue weighted by molar-refractivity contribution is -0.132. The van der Waals surface area contributed by atoms with Crippen molar-refractivity contribution in [3.05, 3.63) is 29.8 Å². The molecule has 1 saturated carbocycles. The Hall–Kier alpha value is -1.51. The van der Waals surface area contributed by atoms with E-state index in [9.17, 15) is 4.79 Å². The maximum atomic E-state index is 12.6. The van der Waals surface area contributed by atoms with Crippen LogP contribution in [0.3, 0.4) is 0 Å². The fraction of sp³-hybridized carbons (Fsp3) is 0.562. The van der Waals surface area contributed by atoms with Gasteiger partial charge in [0.05, 0.1) is 0 Å².